The molecule has 0 saturated carbocycles. The molecule has 0 aliphatic heterocycles. The number of phenolic OH excluding ortho intramolecular Hbond substituents is 1. The van der Waals surface area contributed by atoms with Crippen molar-refractivity contribution in [2.45, 2.75) is 0 Å². The van der Waals surface area contributed by atoms with Crippen molar-refractivity contribution in [3.63, 3.8) is 0 Å². The summed E-state index contributed by atoms with van der Waals surface area (Å²) in [5, 5.41) is 17.7. The Bertz CT molecular complexity index is 706. The molecule has 0 unspecified atom stereocenters. The van der Waals surface area contributed by atoms with Gasteiger partial charge in [0, 0.05) is 11.8 Å². The van der Waals surface area contributed by atoms with Crippen molar-refractivity contribution in [2.24, 2.45) is 0 Å². The summed E-state index contributed by atoms with van der Waals surface area (Å²) in [6.45, 7) is 0. The summed E-state index contributed by atoms with van der Waals surface area (Å²) in [4.78, 5) is 0. The van der Waals surface area contributed by atoms with Crippen LogP contribution in [-0.4, -0.2) is 26.8 Å². The molecule has 5 heteroatoms. The molecule has 0 atom stereocenters. The summed E-state index contributed by atoms with van der Waals surface area (Å²) < 4.78 is 7.05. The van der Waals surface area contributed by atoms with E-state index < -0.39 is 0 Å². The first-order chi connectivity index (χ1) is 8.79. The van der Waals surface area contributed by atoms with Crippen molar-refractivity contribution in [1.82, 2.24) is 14.6 Å². The predicted molar refractivity (Wildman–Crippen MR) is 66.6 cm³/mol. The van der Waals surface area contributed by atoms with Crippen LogP contribution in [0.5, 0.6) is 11.5 Å². The van der Waals surface area contributed by atoms with E-state index in [1.165, 1.54) is 0 Å². The molecule has 5 nitrogen and oxygen atoms in total. The lowest BCUT2D eigenvalue weighted by Crippen LogP contribution is -1.91. The maximum Gasteiger partial charge on any atom is 0.203 e. The average molecular weight is 241 g/mol. The zero-order valence-corrected chi connectivity index (χ0v) is 9.74. The molecule has 2 heterocycles. The SMILES string of the molecule is COc1cccn2c(-c3cccc(O)c3)nnc12. The molecule has 1 N–H and O–H groups in total. The third-order valence-electron chi connectivity index (χ3n) is 2.72. The van der Waals surface area contributed by atoms with E-state index in [1.54, 1.807) is 25.3 Å². The van der Waals surface area contributed by atoms with Gasteiger partial charge in [0.15, 0.2) is 11.6 Å². The number of hydrogen-bond acceptors (Lipinski definition) is 4. The first-order valence-corrected chi connectivity index (χ1v) is 5.47. The third-order valence-corrected chi connectivity index (χ3v) is 2.72. The van der Waals surface area contributed by atoms with Gasteiger partial charge in [0.25, 0.3) is 0 Å². The number of benzene rings is 1. The van der Waals surface area contributed by atoms with Crippen LogP contribution in [0.3, 0.4) is 0 Å². The molecule has 3 aromatic rings. The zero-order chi connectivity index (χ0) is 12.5. The van der Waals surface area contributed by atoms with Crippen LogP contribution < -0.4 is 4.74 Å². The Labute approximate surface area is 103 Å². The summed E-state index contributed by atoms with van der Waals surface area (Å²) in [6, 6.07) is 10.6. The number of ether oxygens (including phenoxy) is 1. The molecular weight excluding hydrogens is 230 g/mol. The quantitative estimate of drug-likeness (QED) is 0.746. The highest BCUT2D eigenvalue weighted by Crippen LogP contribution is 2.25. The fourth-order valence-electron chi connectivity index (χ4n) is 1.89. The maximum atomic E-state index is 9.50. The first-order valence-electron chi connectivity index (χ1n) is 5.47. The van der Waals surface area contributed by atoms with Gasteiger partial charge in [-0.1, -0.05) is 12.1 Å². The molecule has 0 spiro atoms. The topological polar surface area (TPSA) is 59.7 Å². The van der Waals surface area contributed by atoms with E-state index in [0.29, 0.717) is 17.2 Å². The summed E-state index contributed by atoms with van der Waals surface area (Å²) in [5.41, 5.74) is 1.45. The highest BCUT2D eigenvalue weighted by atomic mass is 16.5. The van der Waals surface area contributed by atoms with Crippen molar-refractivity contribution in [3.05, 3.63) is 42.6 Å². The van der Waals surface area contributed by atoms with Gasteiger partial charge in [-0.2, -0.15) is 0 Å². The lowest BCUT2D eigenvalue weighted by molar-refractivity contribution is 0.417. The van der Waals surface area contributed by atoms with Gasteiger partial charge in [-0.25, -0.2) is 0 Å². The normalized spacial score (nSPS) is 10.7. The Morgan fingerprint density at radius 2 is 2.06 bits per heavy atom. The van der Waals surface area contributed by atoms with Crippen LogP contribution in [0.15, 0.2) is 42.6 Å². The van der Waals surface area contributed by atoms with Crippen molar-refractivity contribution in [3.8, 4) is 22.9 Å². The van der Waals surface area contributed by atoms with Crippen LogP contribution in [0.1, 0.15) is 0 Å². The van der Waals surface area contributed by atoms with Crippen LogP contribution in [0, 0.1) is 0 Å². The molecule has 0 aliphatic carbocycles. The Balaban J connectivity index is 2.25. The second-order valence-corrected chi connectivity index (χ2v) is 3.84. The molecule has 0 radical (unpaired) electrons. The molecule has 3 rings (SSSR count). The van der Waals surface area contributed by atoms with E-state index >= 15 is 0 Å². The minimum absolute atomic E-state index is 0.201. The summed E-state index contributed by atoms with van der Waals surface area (Å²) in [6.07, 6.45) is 1.86. The lowest BCUT2D eigenvalue weighted by Gasteiger charge is -2.03. The monoisotopic (exact) mass is 241 g/mol. The third kappa shape index (κ3) is 1.57. The first kappa shape index (κ1) is 10.6. The van der Waals surface area contributed by atoms with Crippen LogP contribution >= 0.6 is 0 Å². The summed E-state index contributed by atoms with van der Waals surface area (Å²) in [7, 11) is 1.60. The summed E-state index contributed by atoms with van der Waals surface area (Å²) >= 11 is 0. The van der Waals surface area contributed by atoms with Gasteiger partial charge in [0.05, 0.1) is 7.11 Å². The number of aromatic nitrogens is 3. The van der Waals surface area contributed by atoms with E-state index in [4.69, 9.17) is 4.74 Å². The minimum Gasteiger partial charge on any atom is -0.508 e. The van der Waals surface area contributed by atoms with Gasteiger partial charge < -0.3 is 9.84 Å². The fraction of sp³-hybridized carbons (Fsp3) is 0.0769. The average Bonchev–Trinajstić information content (AvgIpc) is 2.82. The van der Waals surface area contributed by atoms with Crippen molar-refractivity contribution in [2.75, 3.05) is 7.11 Å². The fourth-order valence-corrected chi connectivity index (χ4v) is 1.89. The molecule has 0 bridgehead atoms. The number of fused-ring (bicyclic) bond motifs is 1. The van der Waals surface area contributed by atoms with E-state index in [0.717, 1.165) is 5.56 Å². The molecule has 0 aliphatic rings. The molecule has 0 saturated heterocycles. The zero-order valence-electron chi connectivity index (χ0n) is 9.74. The predicted octanol–water partition coefficient (Wildman–Crippen LogP) is 2.11. The molecule has 0 fully saturated rings. The number of phenols is 1. The van der Waals surface area contributed by atoms with Crippen molar-refractivity contribution in [1.29, 1.82) is 0 Å². The highest BCUT2D eigenvalue weighted by Gasteiger charge is 2.11. The largest absolute Gasteiger partial charge is 0.508 e. The Morgan fingerprint density at radius 1 is 1.17 bits per heavy atom. The Morgan fingerprint density at radius 3 is 2.83 bits per heavy atom. The van der Waals surface area contributed by atoms with Gasteiger partial charge in [-0.05, 0) is 24.3 Å². The number of rotatable bonds is 2. The Kier molecular flexibility index (Phi) is 2.37. The smallest absolute Gasteiger partial charge is 0.203 e. The standard InChI is InChI=1S/C13H11N3O2/c1-18-11-6-3-7-16-12(14-15-13(11)16)9-4-2-5-10(17)8-9/h2-8,17H,1H3. The summed E-state index contributed by atoms with van der Waals surface area (Å²) in [5.74, 6) is 1.53. The Hall–Kier alpha value is -2.56. The molecular formula is C13H11N3O2. The van der Waals surface area contributed by atoms with E-state index in [-0.39, 0.29) is 5.75 Å². The van der Waals surface area contributed by atoms with Crippen molar-refractivity contribution >= 4 is 5.65 Å². The number of nitrogens with zero attached hydrogens (tertiary/aromatic N) is 3. The highest BCUT2D eigenvalue weighted by molar-refractivity contribution is 5.64. The maximum absolute atomic E-state index is 9.50. The van der Waals surface area contributed by atoms with Crippen LogP contribution in [0.2, 0.25) is 0 Å². The molecule has 90 valence electrons. The molecule has 18 heavy (non-hydrogen) atoms. The van der Waals surface area contributed by atoms with Gasteiger partial charge in [-0.15, -0.1) is 10.2 Å². The minimum atomic E-state index is 0.201. The molecule has 2 aromatic heterocycles. The van der Waals surface area contributed by atoms with Gasteiger partial charge in [-0.3, -0.25) is 4.40 Å². The molecule has 1 aromatic carbocycles. The number of aromatic hydroxyl groups is 1. The van der Waals surface area contributed by atoms with Crippen LogP contribution in [0.4, 0.5) is 0 Å². The van der Waals surface area contributed by atoms with Crippen LogP contribution in [-0.2, 0) is 0 Å². The van der Waals surface area contributed by atoms with Gasteiger partial charge >= 0.3 is 0 Å². The van der Waals surface area contributed by atoms with Gasteiger partial charge in [0.1, 0.15) is 5.75 Å². The molecule has 0 amide bonds. The van der Waals surface area contributed by atoms with E-state index in [9.17, 15) is 5.11 Å². The van der Waals surface area contributed by atoms with E-state index in [1.807, 2.05) is 28.8 Å². The van der Waals surface area contributed by atoms with Crippen LogP contribution in [0.25, 0.3) is 17.0 Å². The van der Waals surface area contributed by atoms with Gasteiger partial charge in [0.2, 0.25) is 5.65 Å². The second-order valence-electron chi connectivity index (χ2n) is 3.84. The number of hydrogen-bond donors (Lipinski definition) is 1. The lowest BCUT2D eigenvalue weighted by atomic mass is 10.2. The second kappa shape index (κ2) is 4.03. The van der Waals surface area contributed by atoms with E-state index in [2.05, 4.69) is 10.2 Å². The number of methoxy groups -OCH3 is 1. The number of pyridine rings is 1. The van der Waals surface area contributed by atoms with Crippen molar-refractivity contribution < 1.29 is 9.84 Å².